The molecular formula is C31H32N8O2. The lowest BCUT2D eigenvalue weighted by molar-refractivity contribution is -0.00876. The Morgan fingerprint density at radius 3 is 2.66 bits per heavy atom. The molecule has 4 aromatic rings. The first-order valence-electron chi connectivity index (χ1n) is 14.4. The van der Waals surface area contributed by atoms with Crippen LogP contribution in [0.3, 0.4) is 0 Å². The van der Waals surface area contributed by atoms with E-state index in [1.807, 2.05) is 30.7 Å². The Morgan fingerprint density at radius 2 is 1.95 bits per heavy atom. The molecule has 2 bridgehead atoms. The summed E-state index contributed by atoms with van der Waals surface area (Å²) in [6.45, 7) is 3.45. The number of piperazine rings is 1. The van der Waals surface area contributed by atoms with Gasteiger partial charge in [0, 0.05) is 73.4 Å². The molecule has 4 aliphatic heterocycles. The molecule has 0 spiro atoms. The van der Waals surface area contributed by atoms with Crippen molar-refractivity contribution in [2.45, 2.75) is 50.0 Å². The van der Waals surface area contributed by atoms with Gasteiger partial charge in [0.15, 0.2) is 0 Å². The minimum absolute atomic E-state index is 0.394. The number of nitrogens with zero attached hydrogens (tertiary/aromatic N) is 7. The third kappa shape index (κ3) is 4.46. The van der Waals surface area contributed by atoms with E-state index in [9.17, 15) is 5.26 Å². The molecule has 0 aromatic carbocycles. The second-order valence-electron chi connectivity index (χ2n) is 11.8. The van der Waals surface area contributed by atoms with Gasteiger partial charge in [-0.25, -0.2) is 14.5 Å². The molecule has 10 nitrogen and oxygen atoms in total. The van der Waals surface area contributed by atoms with Crippen molar-refractivity contribution in [2.24, 2.45) is 5.92 Å². The second kappa shape index (κ2) is 9.72. The summed E-state index contributed by atoms with van der Waals surface area (Å²) in [5, 5.41) is 17.8. The maximum Gasteiger partial charge on any atom is 0.212 e. The van der Waals surface area contributed by atoms with Gasteiger partial charge < -0.3 is 19.7 Å². The third-order valence-electron chi connectivity index (χ3n) is 9.22. The number of hydrogen-bond donors (Lipinski definition) is 1. The van der Waals surface area contributed by atoms with Crippen LogP contribution >= 0.6 is 0 Å². The van der Waals surface area contributed by atoms with Crippen molar-refractivity contribution in [3.05, 3.63) is 66.2 Å². The van der Waals surface area contributed by atoms with E-state index in [0.717, 1.165) is 53.8 Å². The summed E-state index contributed by atoms with van der Waals surface area (Å²) in [6.07, 6.45) is 11.0. The summed E-state index contributed by atoms with van der Waals surface area (Å²) in [4.78, 5) is 14.2. The van der Waals surface area contributed by atoms with Gasteiger partial charge >= 0.3 is 0 Å². The number of nitrogens with one attached hydrogen (secondary N) is 1. The molecule has 9 rings (SSSR count). The minimum atomic E-state index is 0.394. The van der Waals surface area contributed by atoms with Gasteiger partial charge in [-0.3, -0.25) is 4.90 Å². The Hall–Kier alpha value is -4.20. The fourth-order valence-electron chi connectivity index (χ4n) is 6.94. The van der Waals surface area contributed by atoms with Crippen molar-refractivity contribution in [3.63, 3.8) is 0 Å². The zero-order valence-electron chi connectivity index (χ0n) is 23.0. The van der Waals surface area contributed by atoms with Crippen LogP contribution in [0.15, 0.2) is 55.1 Å². The van der Waals surface area contributed by atoms with Crippen LogP contribution in [0.4, 0.5) is 5.82 Å². The molecule has 0 radical (unpaired) electrons. The van der Waals surface area contributed by atoms with Gasteiger partial charge in [0.1, 0.15) is 24.2 Å². The van der Waals surface area contributed by atoms with Gasteiger partial charge in [-0.05, 0) is 48.9 Å². The molecule has 5 fully saturated rings. The zero-order valence-corrected chi connectivity index (χ0v) is 23.0. The minimum Gasteiger partial charge on any atom is -0.490 e. The molecule has 5 aliphatic rings. The molecule has 1 aliphatic carbocycles. The van der Waals surface area contributed by atoms with Crippen molar-refractivity contribution >= 4 is 11.3 Å². The number of pyridine rings is 3. The monoisotopic (exact) mass is 548 g/mol. The van der Waals surface area contributed by atoms with Gasteiger partial charge in [0.05, 0.1) is 30.6 Å². The van der Waals surface area contributed by atoms with Crippen LogP contribution in [-0.2, 0) is 6.54 Å². The number of ether oxygens (including phenoxy) is 2. The van der Waals surface area contributed by atoms with Crippen molar-refractivity contribution in [1.29, 1.82) is 5.26 Å². The Bertz CT molecular complexity index is 1610. The van der Waals surface area contributed by atoms with E-state index in [1.165, 1.54) is 24.8 Å². The van der Waals surface area contributed by atoms with E-state index in [-0.39, 0.29) is 0 Å². The first-order chi connectivity index (χ1) is 20.1. The lowest BCUT2D eigenvalue weighted by atomic mass is 9.87. The van der Waals surface area contributed by atoms with Gasteiger partial charge in [-0.1, -0.05) is 6.07 Å². The molecule has 208 valence electrons. The summed E-state index contributed by atoms with van der Waals surface area (Å²) < 4.78 is 13.2. The second-order valence-corrected chi connectivity index (χ2v) is 11.8. The third-order valence-corrected chi connectivity index (χ3v) is 9.22. The number of hydrogen-bond acceptors (Lipinski definition) is 9. The van der Waals surface area contributed by atoms with Crippen LogP contribution in [0.5, 0.6) is 11.6 Å². The van der Waals surface area contributed by atoms with E-state index < -0.39 is 0 Å². The highest BCUT2D eigenvalue weighted by atomic mass is 16.5. The van der Waals surface area contributed by atoms with E-state index in [4.69, 9.17) is 14.5 Å². The highest BCUT2D eigenvalue weighted by Crippen LogP contribution is 2.41. The topological polar surface area (TPSA) is 104 Å². The van der Waals surface area contributed by atoms with Crippen LogP contribution in [0.25, 0.3) is 16.6 Å². The molecule has 1 saturated carbocycles. The Morgan fingerprint density at radius 1 is 1.05 bits per heavy atom. The number of aromatic nitrogens is 4. The fraction of sp³-hybridized carbons (Fsp3) is 0.419. The SMILES string of the molecule is COc1ccc(CN2C3CC2CN(c2ccc(-c4cc(OCC5CC6CC6N5)cn5ncc(C#N)c45)cn2)C3)cn1. The number of piperidine rings is 2. The highest BCUT2D eigenvalue weighted by Gasteiger charge is 2.46. The Balaban J connectivity index is 0.982. The van der Waals surface area contributed by atoms with E-state index >= 15 is 0 Å². The van der Waals surface area contributed by atoms with E-state index in [1.54, 1.807) is 17.8 Å². The number of nitriles is 1. The Labute approximate surface area is 238 Å². The molecule has 1 N–H and O–H groups in total. The predicted molar refractivity (Wildman–Crippen MR) is 153 cm³/mol. The summed E-state index contributed by atoms with van der Waals surface area (Å²) in [5.41, 5.74) is 4.37. The first kappa shape index (κ1) is 24.6. The van der Waals surface area contributed by atoms with Crippen molar-refractivity contribution in [2.75, 3.05) is 31.7 Å². The van der Waals surface area contributed by atoms with Crippen molar-refractivity contribution in [3.8, 4) is 28.8 Å². The normalized spacial score (nSPS) is 26.3. The Kier molecular flexibility index (Phi) is 5.83. The van der Waals surface area contributed by atoms with Gasteiger partial charge in [0.25, 0.3) is 0 Å². The lowest BCUT2D eigenvalue weighted by Gasteiger charge is -2.56. The molecular weight excluding hydrogens is 516 g/mol. The quantitative estimate of drug-likeness (QED) is 0.355. The summed E-state index contributed by atoms with van der Waals surface area (Å²) in [6, 6.07) is 14.6. The lowest BCUT2D eigenvalue weighted by Crippen LogP contribution is -2.68. The van der Waals surface area contributed by atoms with E-state index in [0.29, 0.717) is 42.2 Å². The standard InChI is InChI=1S/C31H32N8O2/c1-40-30-5-2-19(11-34-30)14-38-24-8-25(38)16-37(15-24)29-4-3-20(12-33-29)27-9-26(17-39-31(27)22(10-32)13-35-39)41-18-23-6-21-7-28(21)36-23/h2-5,9,11-13,17,21,23-25,28,36H,6-8,14-16,18H2,1H3. The molecule has 5 atom stereocenters. The maximum atomic E-state index is 9.74. The molecule has 8 heterocycles. The highest BCUT2D eigenvalue weighted by molar-refractivity contribution is 5.85. The molecule has 4 saturated heterocycles. The van der Waals surface area contributed by atoms with Gasteiger partial charge in [0.2, 0.25) is 5.88 Å². The number of anilines is 1. The molecule has 10 heteroatoms. The molecule has 0 amide bonds. The average molecular weight is 549 g/mol. The number of methoxy groups -OCH3 is 1. The van der Waals surface area contributed by atoms with Gasteiger partial charge in [-0.2, -0.15) is 10.4 Å². The van der Waals surface area contributed by atoms with Crippen molar-refractivity contribution < 1.29 is 9.47 Å². The molecule has 41 heavy (non-hydrogen) atoms. The van der Waals surface area contributed by atoms with Gasteiger partial charge in [-0.15, -0.1) is 0 Å². The van der Waals surface area contributed by atoms with E-state index in [2.05, 4.69) is 49.5 Å². The molecule has 5 unspecified atom stereocenters. The first-order valence-corrected chi connectivity index (χ1v) is 14.4. The zero-order chi connectivity index (χ0) is 27.5. The fourth-order valence-corrected chi connectivity index (χ4v) is 6.94. The summed E-state index contributed by atoms with van der Waals surface area (Å²) in [5.74, 6) is 3.20. The summed E-state index contributed by atoms with van der Waals surface area (Å²) in [7, 11) is 1.64. The summed E-state index contributed by atoms with van der Waals surface area (Å²) >= 11 is 0. The smallest absolute Gasteiger partial charge is 0.212 e. The van der Waals surface area contributed by atoms with Crippen molar-refractivity contribution in [1.82, 2.24) is 29.8 Å². The predicted octanol–water partition coefficient (Wildman–Crippen LogP) is 3.26. The average Bonchev–Trinajstić information content (AvgIpc) is 3.42. The van der Waals surface area contributed by atoms with Crippen LogP contribution in [0.1, 0.15) is 30.4 Å². The van der Waals surface area contributed by atoms with Crippen LogP contribution < -0.4 is 19.7 Å². The van der Waals surface area contributed by atoms with Crippen LogP contribution in [0, 0.1) is 17.2 Å². The number of fused-ring (bicyclic) bond motifs is 4. The van der Waals surface area contributed by atoms with Crippen LogP contribution in [-0.4, -0.2) is 75.5 Å². The maximum absolute atomic E-state index is 9.74. The van der Waals surface area contributed by atoms with Crippen LogP contribution in [0.2, 0.25) is 0 Å². The number of rotatable bonds is 8. The molecule has 4 aromatic heterocycles. The largest absolute Gasteiger partial charge is 0.490 e.